The first-order valence-electron chi connectivity index (χ1n) is 9.94. The van der Waals surface area contributed by atoms with Gasteiger partial charge in [-0.2, -0.15) is 4.31 Å². The highest BCUT2D eigenvalue weighted by atomic mass is 32.2. The maximum absolute atomic E-state index is 13.2. The third-order valence-corrected chi connectivity index (χ3v) is 7.44. The van der Waals surface area contributed by atoms with E-state index in [0.29, 0.717) is 30.6 Å². The average molecular weight is 430 g/mol. The lowest BCUT2D eigenvalue weighted by atomic mass is 10.2. The Labute approximate surface area is 177 Å². The lowest BCUT2D eigenvalue weighted by Gasteiger charge is -2.25. The monoisotopic (exact) mass is 429 g/mol. The van der Waals surface area contributed by atoms with Gasteiger partial charge < -0.3 is 10.6 Å². The molecule has 1 heterocycles. The summed E-state index contributed by atoms with van der Waals surface area (Å²) in [5, 5.41) is 5.17. The van der Waals surface area contributed by atoms with Gasteiger partial charge >= 0.3 is 11.8 Å². The van der Waals surface area contributed by atoms with Crippen molar-refractivity contribution in [3.63, 3.8) is 0 Å². The van der Waals surface area contributed by atoms with Gasteiger partial charge in [0.25, 0.3) is 0 Å². The summed E-state index contributed by atoms with van der Waals surface area (Å²) < 4.78 is 27.9. The van der Waals surface area contributed by atoms with E-state index in [1.807, 2.05) is 32.0 Å². The van der Waals surface area contributed by atoms with Crippen LogP contribution in [0.1, 0.15) is 29.5 Å². The van der Waals surface area contributed by atoms with Crippen molar-refractivity contribution < 1.29 is 18.0 Å². The molecule has 1 aliphatic heterocycles. The maximum atomic E-state index is 13.2. The normalized spacial score (nSPS) is 17.0. The van der Waals surface area contributed by atoms with Crippen LogP contribution in [0.5, 0.6) is 0 Å². The Bertz CT molecular complexity index is 1070. The number of sulfonamides is 1. The first-order valence-corrected chi connectivity index (χ1v) is 11.4. The van der Waals surface area contributed by atoms with E-state index >= 15 is 0 Å². The van der Waals surface area contributed by atoms with Crippen LogP contribution < -0.4 is 10.6 Å². The van der Waals surface area contributed by atoms with E-state index in [1.54, 1.807) is 31.2 Å². The SMILES string of the molecule is Cc1ccc(C)c(S(=O)(=O)N2CCC[C@H]2CNC(=O)C(=O)Nc2ccccc2C)c1. The summed E-state index contributed by atoms with van der Waals surface area (Å²) in [6.07, 6.45) is 1.34. The molecular weight excluding hydrogens is 402 g/mol. The molecule has 0 radical (unpaired) electrons. The number of anilines is 1. The quantitative estimate of drug-likeness (QED) is 0.714. The van der Waals surface area contributed by atoms with Gasteiger partial charge in [-0.05, 0) is 62.4 Å². The zero-order valence-corrected chi connectivity index (χ0v) is 18.3. The lowest BCUT2D eigenvalue weighted by molar-refractivity contribution is -0.136. The number of aryl methyl sites for hydroxylation is 3. The van der Waals surface area contributed by atoms with Crippen LogP contribution in [0.4, 0.5) is 5.69 Å². The number of hydrogen-bond acceptors (Lipinski definition) is 4. The highest BCUT2D eigenvalue weighted by Gasteiger charge is 2.36. The molecule has 8 heteroatoms. The van der Waals surface area contributed by atoms with Gasteiger partial charge in [-0.1, -0.05) is 30.3 Å². The smallest absolute Gasteiger partial charge is 0.313 e. The fourth-order valence-electron chi connectivity index (χ4n) is 3.62. The van der Waals surface area contributed by atoms with Crippen LogP contribution in [0.3, 0.4) is 0 Å². The molecule has 0 aliphatic carbocycles. The predicted molar refractivity (Wildman–Crippen MR) is 116 cm³/mol. The molecule has 0 aromatic heterocycles. The second-order valence-electron chi connectivity index (χ2n) is 7.66. The van der Waals surface area contributed by atoms with Gasteiger partial charge in [0, 0.05) is 24.8 Å². The molecule has 2 amide bonds. The number of benzene rings is 2. The molecule has 1 fully saturated rings. The van der Waals surface area contributed by atoms with Crippen molar-refractivity contribution in [3.05, 3.63) is 59.2 Å². The molecule has 2 N–H and O–H groups in total. The van der Waals surface area contributed by atoms with Crippen molar-refractivity contribution in [3.8, 4) is 0 Å². The Morgan fingerprint density at radius 2 is 1.77 bits per heavy atom. The van der Waals surface area contributed by atoms with Crippen molar-refractivity contribution in [1.82, 2.24) is 9.62 Å². The highest BCUT2D eigenvalue weighted by molar-refractivity contribution is 7.89. The zero-order chi connectivity index (χ0) is 21.9. The van der Waals surface area contributed by atoms with E-state index in [9.17, 15) is 18.0 Å². The summed E-state index contributed by atoms with van der Waals surface area (Å²) in [4.78, 5) is 24.7. The topological polar surface area (TPSA) is 95.6 Å². The first kappa shape index (κ1) is 22.0. The third kappa shape index (κ3) is 4.71. The molecular formula is C22H27N3O4S. The van der Waals surface area contributed by atoms with Gasteiger partial charge in [-0.25, -0.2) is 8.42 Å². The standard InChI is InChI=1S/C22H27N3O4S/c1-15-10-11-17(3)20(13-15)30(28,29)25-12-6-8-18(25)14-23-21(26)22(27)24-19-9-5-4-7-16(19)2/h4-5,7,9-11,13,18H,6,8,12,14H2,1-3H3,(H,23,26)(H,24,27)/t18-/m0/s1. The molecule has 160 valence electrons. The second-order valence-corrected chi connectivity index (χ2v) is 9.52. The molecule has 0 bridgehead atoms. The number of rotatable bonds is 5. The summed E-state index contributed by atoms with van der Waals surface area (Å²) in [6, 6.07) is 12.1. The molecule has 1 atom stereocenters. The Morgan fingerprint density at radius 1 is 1.03 bits per heavy atom. The van der Waals surface area contributed by atoms with Crippen LogP contribution in [-0.4, -0.2) is 43.7 Å². The first-order chi connectivity index (χ1) is 14.2. The molecule has 2 aromatic carbocycles. The highest BCUT2D eigenvalue weighted by Crippen LogP contribution is 2.28. The minimum atomic E-state index is -3.68. The number of hydrogen-bond donors (Lipinski definition) is 2. The minimum absolute atomic E-state index is 0.0874. The number of amides is 2. The predicted octanol–water partition coefficient (Wildman–Crippen LogP) is 2.52. The largest absolute Gasteiger partial charge is 0.346 e. The van der Waals surface area contributed by atoms with Gasteiger partial charge in [0.15, 0.2) is 0 Å². The van der Waals surface area contributed by atoms with E-state index in [-0.39, 0.29) is 17.5 Å². The van der Waals surface area contributed by atoms with E-state index < -0.39 is 21.8 Å². The fourth-order valence-corrected chi connectivity index (χ4v) is 5.63. The van der Waals surface area contributed by atoms with Crippen molar-refractivity contribution >= 4 is 27.5 Å². The van der Waals surface area contributed by atoms with Crippen molar-refractivity contribution in [2.45, 2.75) is 44.6 Å². The number of nitrogens with one attached hydrogen (secondary N) is 2. The fraction of sp³-hybridized carbons (Fsp3) is 0.364. The van der Waals surface area contributed by atoms with Gasteiger partial charge in [-0.3, -0.25) is 9.59 Å². The van der Waals surface area contributed by atoms with Crippen LogP contribution in [-0.2, 0) is 19.6 Å². The Balaban J connectivity index is 1.66. The average Bonchev–Trinajstić information content (AvgIpc) is 3.19. The molecule has 0 saturated carbocycles. The summed E-state index contributed by atoms with van der Waals surface area (Å²) in [5.41, 5.74) is 2.97. The number of carbonyl (C=O) groups is 2. The molecule has 1 saturated heterocycles. The molecule has 7 nitrogen and oxygen atoms in total. The van der Waals surface area contributed by atoms with Crippen LogP contribution in [0.2, 0.25) is 0 Å². The van der Waals surface area contributed by atoms with Gasteiger partial charge in [0.1, 0.15) is 0 Å². The maximum Gasteiger partial charge on any atom is 0.313 e. The van der Waals surface area contributed by atoms with E-state index in [0.717, 1.165) is 11.1 Å². The number of para-hydroxylation sites is 1. The number of nitrogens with zero attached hydrogens (tertiary/aromatic N) is 1. The molecule has 30 heavy (non-hydrogen) atoms. The summed E-state index contributed by atoms with van der Waals surface area (Å²) in [5.74, 6) is -1.56. The van der Waals surface area contributed by atoms with E-state index in [2.05, 4.69) is 10.6 Å². The van der Waals surface area contributed by atoms with Crippen LogP contribution >= 0.6 is 0 Å². The van der Waals surface area contributed by atoms with Crippen LogP contribution in [0.15, 0.2) is 47.4 Å². The van der Waals surface area contributed by atoms with Crippen molar-refractivity contribution in [1.29, 1.82) is 0 Å². The third-order valence-electron chi connectivity index (χ3n) is 5.35. The summed E-state index contributed by atoms with van der Waals surface area (Å²) >= 11 is 0. The minimum Gasteiger partial charge on any atom is -0.346 e. The van der Waals surface area contributed by atoms with E-state index in [1.165, 1.54) is 4.31 Å². The molecule has 0 spiro atoms. The summed E-state index contributed by atoms with van der Waals surface area (Å²) in [6.45, 7) is 5.94. The molecule has 3 rings (SSSR count). The van der Waals surface area contributed by atoms with Gasteiger partial charge in [0.2, 0.25) is 10.0 Å². The molecule has 0 unspecified atom stereocenters. The lowest BCUT2D eigenvalue weighted by Crippen LogP contribution is -2.45. The number of carbonyl (C=O) groups excluding carboxylic acids is 2. The Morgan fingerprint density at radius 3 is 2.50 bits per heavy atom. The Kier molecular flexibility index (Phi) is 6.58. The van der Waals surface area contributed by atoms with Gasteiger partial charge in [-0.15, -0.1) is 0 Å². The zero-order valence-electron chi connectivity index (χ0n) is 17.4. The Hall–Kier alpha value is -2.71. The van der Waals surface area contributed by atoms with E-state index in [4.69, 9.17) is 0 Å². The van der Waals surface area contributed by atoms with Crippen molar-refractivity contribution in [2.24, 2.45) is 0 Å². The van der Waals surface area contributed by atoms with Crippen LogP contribution in [0, 0.1) is 20.8 Å². The second kappa shape index (κ2) is 8.97. The van der Waals surface area contributed by atoms with Gasteiger partial charge in [0.05, 0.1) is 4.90 Å². The van der Waals surface area contributed by atoms with Crippen molar-refractivity contribution in [2.75, 3.05) is 18.4 Å². The molecule has 1 aliphatic rings. The molecule has 2 aromatic rings. The van der Waals surface area contributed by atoms with Crippen LogP contribution in [0.25, 0.3) is 0 Å². The summed E-state index contributed by atoms with van der Waals surface area (Å²) in [7, 11) is -3.68.